The van der Waals surface area contributed by atoms with Crippen LogP contribution in [0.2, 0.25) is 0 Å². The third-order valence-electron chi connectivity index (χ3n) is 2.86. The number of rotatable bonds is 6. The van der Waals surface area contributed by atoms with E-state index in [0.717, 1.165) is 13.0 Å². The number of hydrogen-bond acceptors (Lipinski definition) is 2. The highest BCUT2D eigenvalue weighted by atomic mass is 16.5. The molecule has 0 amide bonds. The molecule has 0 saturated heterocycles. The first kappa shape index (κ1) is 13.2. The van der Waals surface area contributed by atoms with Gasteiger partial charge >= 0.3 is 0 Å². The number of benzene rings is 1. The molecule has 2 heteroatoms. The molecule has 16 heavy (non-hydrogen) atoms. The van der Waals surface area contributed by atoms with Crippen LogP contribution in [-0.2, 0) is 4.74 Å². The van der Waals surface area contributed by atoms with Crippen molar-refractivity contribution in [3.8, 4) is 0 Å². The van der Waals surface area contributed by atoms with Gasteiger partial charge in [0, 0.05) is 7.11 Å². The molecule has 0 heterocycles. The molecule has 0 aliphatic carbocycles. The highest BCUT2D eigenvalue weighted by Crippen LogP contribution is 2.19. The molecule has 1 aromatic carbocycles. The summed E-state index contributed by atoms with van der Waals surface area (Å²) in [7, 11) is 1.76. The van der Waals surface area contributed by atoms with Crippen molar-refractivity contribution >= 4 is 0 Å². The van der Waals surface area contributed by atoms with Crippen molar-refractivity contribution in [2.45, 2.75) is 39.3 Å². The largest absolute Gasteiger partial charge is 0.380 e. The molecule has 0 bridgehead atoms. The van der Waals surface area contributed by atoms with Gasteiger partial charge in [-0.1, -0.05) is 36.8 Å². The number of methoxy groups -OCH3 is 1. The lowest BCUT2D eigenvalue weighted by Gasteiger charge is -2.24. The Morgan fingerprint density at radius 2 is 2.12 bits per heavy atom. The van der Waals surface area contributed by atoms with Crippen LogP contribution in [0.4, 0.5) is 0 Å². The van der Waals surface area contributed by atoms with Gasteiger partial charge in [-0.15, -0.1) is 0 Å². The van der Waals surface area contributed by atoms with Gasteiger partial charge in [0.05, 0.1) is 12.1 Å². The minimum Gasteiger partial charge on any atom is -0.380 e. The average Bonchev–Trinajstić information content (AvgIpc) is 2.29. The molecule has 1 aromatic rings. The molecule has 0 spiro atoms. The highest BCUT2D eigenvalue weighted by Gasteiger charge is 2.17. The van der Waals surface area contributed by atoms with E-state index < -0.39 is 0 Å². The van der Waals surface area contributed by atoms with Crippen molar-refractivity contribution in [1.29, 1.82) is 0 Å². The lowest BCUT2D eigenvalue weighted by atomic mass is 10.0. The molecule has 0 aromatic heterocycles. The molecule has 2 unspecified atom stereocenters. The normalized spacial score (nSPS) is 14.8. The summed E-state index contributed by atoms with van der Waals surface area (Å²) in [6.07, 6.45) is 1.33. The van der Waals surface area contributed by atoms with E-state index in [9.17, 15) is 0 Å². The zero-order valence-electron chi connectivity index (χ0n) is 10.8. The molecule has 1 N–H and O–H groups in total. The summed E-state index contributed by atoms with van der Waals surface area (Å²) < 4.78 is 5.44. The average molecular weight is 221 g/mol. The summed E-state index contributed by atoms with van der Waals surface area (Å²) in [5.41, 5.74) is 2.60. The summed E-state index contributed by atoms with van der Waals surface area (Å²) in [5.74, 6) is 0. The summed E-state index contributed by atoms with van der Waals surface area (Å²) in [5, 5.41) is 3.54. The second-order valence-electron chi connectivity index (χ2n) is 4.29. The van der Waals surface area contributed by atoms with Crippen molar-refractivity contribution in [3.05, 3.63) is 35.4 Å². The van der Waals surface area contributed by atoms with E-state index >= 15 is 0 Å². The van der Waals surface area contributed by atoms with E-state index in [0.29, 0.717) is 0 Å². The van der Waals surface area contributed by atoms with Gasteiger partial charge in [-0.3, -0.25) is 0 Å². The Labute approximate surface area is 99.0 Å². The zero-order chi connectivity index (χ0) is 12.0. The van der Waals surface area contributed by atoms with Gasteiger partial charge in [0.15, 0.2) is 0 Å². The van der Waals surface area contributed by atoms with Crippen LogP contribution in [0.25, 0.3) is 0 Å². The Morgan fingerprint density at radius 1 is 1.38 bits per heavy atom. The predicted molar refractivity (Wildman–Crippen MR) is 68.7 cm³/mol. The Balaban J connectivity index is 2.82. The number of hydrogen-bond donors (Lipinski definition) is 1. The lowest BCUT2D eigenvalue weighted by Crippen LogP contribution is -2.32. The van der Waals surface area contributed by atoms with Gasteiger partial charge in [0.2, 0.25) is 0 Å². The van der Waals surface area contributed by atoms with Gasteiger partial charge in [-0.05, 0) is 32.4 Å². The summed E-state index contributed by atoms with van der Waals surface area (Å²) in [4.78, 5) is 0. The molecule has 0 saturated carbocycles. The van der Waals surface area contributed by atoms with Gasteiger partial charge in [-0.2, -0.15) is 0 Å². The van der Waals surface area contributed by atoms with Crippen molar-refractivity contribution < 1.29 is 4.74 Å². The number of ether oxygens (including phenoxy) is 1. The summed E-state index contributed by atoms with van der Waals surface area (Å²) in [6.45, 7) is 7.43. The summed E-state index contributed by atoms with van der Waals surface area (Å²) in [6, 6.07) is 8.90. The maximum Gasteiger partial charge on any atom is 0.0737 e. The molecule has 0 aliphatic rings. The maximum atomic E-state index is 5.44. The van der Waals surface area contributed by atoms with E-state index in [1.807, 2.05) is 0 Å². The Morgan fingerprint density at radius 3 is 2.69 bits per heavy atom. The zero-order valence-corrected chi connectivity index (χ0v) is 10.8. The van der Waals surface area contributed by atoms with Crippen molar-refractivity contribution in [3.63, 3.8) is 0 Å². The number of nitrogens with one attached hydrogen (secondary N) is 1. The standard InChI is InChI=1S/C14H23NO/c1-5-9-15-14(12(3)16-4)13-8-6-7-11(2)10-13/h6-8,10,12,14-15H,5,9H2,1-4H3. The Hall–Kier alpha value is -0.860. The molecule has 1 rings (SSSR count). The fourth-order valence-corrected chi connectivity index (χ4v) is 1.85. The quantitative estimate of drug-likeness (QED) is 0.797. The van der Waals surface area contributed by atoms with E-state index in [-0.39, 0.29) is 12.1 Å². The second kappa shape index (κ2) is 6.66. The minimum atomic E-state index is 0.188. The number of aryl methyl sites for hydroxylation is 1. The SMILES string of the molecule is CCCNC(c1cccc(C)c1)C(C)OC. The lowest BCUT2D eigenvalue weighted by molar-refractivity contribution is 0.0830. The first-order chi connectivity index (χ1) is 7.69. The predicted octanol–water partition coefficient (Wildman–Crippen LogP) is 3.07. The molecule has 2 nitrogen and oxygen atoms in total. The third kappa shape index (κ3) is 3.62. The monoisotopic (exact) mass is 221 g/mol. The Kier molecular flexibility index (Phi) is 5.50. The fourth-order valence-electron chi connectivity index (χ4n) is 1.85. The maximum absolute atomic E-state index is 5.44. The van der Waals surface area contributed by atoms with Crippen LogP contribution in [-0.4, -0.2) is 19.8 Å². The molecule has 0 fully saturated rings. The van der Waals surface area contributed by atoms with Crippen LogP contribution in [0, 0.1) is 6.92 Å². The highest BCUT2D eigenvalue weighted by molar-refractivity contribution is 5.25. The van der Waals surface area contributed by atoms with E-state index in [1.54, 1.807) is 7.11 Å². The smallest absolute Gasteiger partial charge is 0.0737 e. The van der Waals surface area contributed by atoms with Crippen molar-refractivity contribution in [2.75, 3.05) is 13.7 Å². The van der Waals surface area contributed by atoms with Gasteiger partial charge in [0.25, 0.3) is 0 Å². The van der Waals surface area contributed by atoms with Crippen LogP contribution in [0.15, 0.2) is 24.3 Å². The summed E-state index contributed by atoms with van der Waals surface area (Å²) >= 11 is 0. The first-order valence-electron chi connectivity index (χ1n) is 6.01. The van der Waals surface area contributed by atoms with Crippen LogP contribution in [0.1, 0.15) is 37.4 Å². The molecule has 2 atom stereocenters. The van der Waals surface area contributed by atoms with Crippen LogP contribution in [0.3, 0.4) is 0 Å². The Bertz CT molecular complexity index is 311. The fraction of sp³-hybridized carbons (Fsp3) is 0.571. The van der Waals surface area contributed by atoms with Crippen LogP contribution < -0.4 is 5.32 Å². The van der Waals surface area contributed by atoms with Crippen molar-refractivity contribution in [1.82, 2.24) is 5.32 Å². The molecular formula is C14H23NO. The van der Waals surface area contributed by atoms with E-state index in [1.165, 1.54) is 11.1 Å². The van der Waals surface area contributed by atoms with E-state index in [4.69, 9.17) is 4.74 Å². The minimum absolute atomic E-state index is 0.188. The molecule has 0 aliphatic heterocycles. The third-order valence-corrected chi connectivity index (χ3v) is 2.86. The molecule has 90 valence electrons. The first-order valence-corrected chi connectivity index (χ1v) is 6.01. The van der Waals surface area contributed by atoms with Crippen molar-refractivity contribution in [2.24, 2.45) is 0 Å². The topological polar surface area (TPSA) is 21.3 Å². The van der Waals surface area contributed by atoms with E-state index in [2.05, 4.69) is 50.4 Å². The molecular weight excluding hydrogens is 198 g/mol. The van der Waals surface area contributed by atoms with Gasteiger partial charge < -0.3 is 10.1 Å². The van der Waals surface area contributed by atoms with Crippen LogP contribution in [0.5, 0.6) is 0 Å². The molecule has 0 radical (unpaired) electrons. The van der Waals surface area contributed by atoms with Crippen LogP contribution >= 0.6 is 0 Å². The van der Waals surface area contributed by atoms with Gasteiger partial charge in [0.1, 0.15) is 0 Å². The van der Waals surface area contributed by atoms with Gasteiger partial charge in [-0.25, -0.2) is 0 Å². The second-order valence-corrected chi connectivity index (χ2v) is 4.29.